The van der Waals surface area contributed by atoms with Crippen LogP contribution in [-0.4, -0.2) is 21.2 Å². The first-order chi connectivity index (χ1) is 11.1. The van der Waals surface area contributed by atoms with E-state index in [1.54, 1.807) is 6.07 Å². The number of hydrogen-bond acceptors (Lipinski definition) is 6. The Morgan fingerprint density at radius 3 is 2.78 bits per heavy atom. The monoisotopic (exact) mass is 308 g/mol. The number of anilines is 1. The zero-order valence-corrected chi connectivity index (χ0v) is 11.9. The van der Waals surface area contributed by atoms with Crippen molar-refractivity contribution in [1.82, 2.24) is 4.98 Å². The number of nitro benzene ring substituents is 1. The number of nitro groups is 1. The van der Waals surface area contributed by atoms with Gasteiger partial charge in [-0.1, -0.05) is 24.3 Å². The summed E-state index contributed by atoms with van der Waals surface area (Å²) in [7, 11) is 0. The fraction of sp³-hybridized carbons (Fsp3) is 0. The van der Waals surface area contributed by atoms with Crippen molar-refractivity contribution in [3.05, 3.63) is 70.3 Å². The molecule has 3 rings (SSSR count). The molecule has 0 amide bonds. The molecule has 0 aliphatic carbocycles. The number of phenols is 1. The fourth-order valence-corrected chi connectivity index (χ4v) is 2.10. The number of phenolic OH excluding ortho intramolecular Hbond substituents is 1. The summed E-state index contributed by atoms with van der Waals surface area (Å²) in [5, 5.41) is 25.6. The maximum Gasteiger partial charge on any atom is 0.311 e. The smallest absolute Gasteiger partial charge is 0.311 e. The molecule has 0 spiro atoms. The SMILES string of the molecule is O=[N+]([O-])c1cccc(/C=N/Nc2ccc3ccccc3n2)c1O. The number of aromatic nitrogens is 1. The van der Waals surface area contributed by atoms with Gasteiger partial charge in [0.25, 0.3) is 0 Å². The van der Waals surface area contributed by atoms with Crippen LogP contribution >= 0.6 is 0 Å². The van der Waals surface area contributed by atoms with Crippen molar-refractivity contribution in [3.63, 3.8) is 0 Å². The van der Waals surface area contributed by atoms with Crippen LogP contribution in [-0.2, 0) is 0 Å². The van der Waals surface area contributed by atoms with Gasteiger partial charge in [-0.05, 0) is 24.3 Å². The summed E-state index contributed by atoms with van der Waals surface area (Å²) in [4.78, 5) is 14.5. The Hall–Kier alpha value is -3.48. The number of aromatic hydroxyl groups is 1. The molecule has 7 nitrogen and oxygen atoms in total. The van der Waals surface area contributed by atoms with Crippen LogP contribution < -0.4 is 5.43 Å². The van der Waals surface area contributed by atoms with Crippen molar-refractivity contribution >= 4 is 28.6 Å². The number of para-hydroxylation sites is 2. The van der Waals surface area contributed by atoms with Gasteiger partial charge >= 0.3 is 5.69 Å². The average molecular weight is 308 g/mol. The molecule has 0 bridgehead atoms. The first kappa shape index (κ1) is 14.5. The molecule has 2 N–H and O–H groups in total. The number of fused-ring (bicyclic) bond motifs is 1. The van der Waals surface area contributed by atoms with E-state index < -0.39 is 10.7 Å². The third-order valence-electron chi connectivity index (χ3n) is 3.22. The van der Waals surface area contributed by atoms with Crippen LogP contribution in [0.5, 0.6) is 5.75 Å². The molecule has 0 aliphatic heterocycles. The lowest BCUT2D eigenvalue weighted by Crippen LogP contribution is -1.95. The Morgan fingerprint density at radius 2 is 1.96 bits per heavy atom. The second-order valence-electron chi connectivity index (χ2n) is 4.73. The zero-order valence-electron chi connectivity index (χ0n) is 11.9. The van der Waals surface area contributed by atoms with Crippen molar-refractivity contribution in [1.29, 1.82) is 0 Å². The van der Waals surface area contributed by atoms with Crippen molar-refractivity contribution in [2.75, 3.05) is 5.43 Å². The van der Waals surface area contributed by atoms with E-state index in [0.29, 0.717) is 5.82 Å². The summed E-state index contributed by atoms with van der Waals surface area (Å²) in [5.74, 6) is 0.111. The van der Waals surface area contributed by atoms with Gasteiger partial charge < -0.3 is 5.11 Å². The van der Waals surface area contributed by atoms with Gasteiger partial charge in [0.05, 0.1) is 16.7 Å². The summed E-state index contributed by atoms with van der Waals surface area (Å²) in [6.45, 7) is 0. The van der Waals surface area contributed by atoms with Crippen LogP contribution in [0.15, 0.2) is 59.7 Å². The number of nitrogens with one attached hydrogen (secondary N) is 1. The van der Waals surface area contributed by atoms with E-state index in [0.717, 1.165) is 10.9 Å². The number of nitrogens with zero attached hydrogens (tertiary/aromatic N) is 3. The number of benzene rings is 2. The molecule has 0 unspecified atom stereocenters. The van der Waals surface area contributed by atoms with Crippen LogP contribution in [0.3, 0.4) is 0 Å². The van der Waals surface area contributed by atoms with E-state index in [4.69, 9.17) is 0 Å². The van der Waals surface area contributed by atoms with E-state index in [9.17, 15) is 15.2 Å². The van der Waals surface area contributed by atoms with Gasteiger partial charge in [0.15, 0.2) is 0 Å². The van der Waals surface area contributed by atoms with Crippen LogP contribution in [0.2, 0.25) is 0 Å². The first-order valence-corrected chi connectivity index (χ1v) is 6.76. The lowest BCUT2D eigenvalue weighted by Gasteiger charge is -2.02. The van der Waals surface area contributed by atoms with Gasteiger partial charge in [0.2, 0.25) is 5.75 Å². The Balaban J connectivity index is 1.80. The van der Waals surface area contributed by atoms with Gasteiger partial charge in [-0.3, -0.25) is 15.5 Å². The Morgan fingerprint density at radius 1 is 1.13 bits per heavy atom. The standard InChI is InChI=1S/C16H12N4O3/c21-16-12(5-3-7-14(16)20(22)23)10-17-19-15-9-8-11-4-1-2-6-13(11)18-15/h1-10,21H,(H,18,19)/b17-10+. The van der Waals surface area contributed by atoms with Gasteiger partial charge in [-0.2, -0.15) is 5.10 Å². The minimum Gasteiger partial charge on any atom is -0.502 e. The molecule has 7 heteroatoms. The lowest BCUT2D eigenvalue weighted by atomic mass is 10.2. The summed E-state index contributed by atoms with van der Waals surface area (Å²) in [5.41, 5.74) is 3.44. The molecule has 0 aliphatic rings. The van der Waals surface area contributed by atoms with Crippen molar-refractivity contribution in [2.24, 2.45) is 5.10 Å². The molecule has 0 radical (unpaired) electrons. The van der Waals surface area contributed by atoms with Crippen molar-refractivity contribution in [3.8, 4) is 5.75 Å². The second kappa shape index (κ2) is 6.10. The molecular weight excluding hydrogens is 296 g/mol. The molecule has 2 aromatic carbocycles. The summed E-state index contributed by atoms with van der Waals surface area (Å²) < 4.78 is 0. The maximum atomic E-state index is 10.8. The van der Waals surface area contributed by atoms with Crippen LogP contribution in [0.25, 0.3) is 10.9 Å². The highest BCUT2D eigenvalue weighted by molar-refractivity contribution is 5.86. The van der Waals surface area contributed by atoms with Crippen LogP contribution in [0.1, 0.15) is 5.56 Å². The highest BCUT2D eigenvalue weighted by Gasteiger charge is 2.14. The third kappa shape index (κ3) is 3.08. The second-order valence-corrected chi connectivity index (χ2v) is 4.73. The largest absolute Gasteiger partial charge is 0.502 e. The molecule has 1 heterocycles. The van der Waals surface area contributed by atoms with E-state index in [1.165, 1.54) is 24.4 Å². The zero-order chi connectivity index (χ0) is 16.2. The molecule has 23 heavy (non-hydrogen) atoms. The highest BCUT2D eigenvalue weighted by Crippen LogP contribution is 2.28. The first-order valence-electron chi connectivity index (χ1n) is 6.76. The van der Waals surface area contributed by atoms with E-state index >= 15 is 0 Å². The average Bonchev–Trinajstić information content (AvgIpc) is 2.56. The lowest BCUT2D eigenvalue weighted by molar-refractivity contribution is -0.385. The molecule has 0 atom stereocenters. The van der Waals surface area contributed by atoms with Gasteiger partial charge in [-0.15, -0.1) is 0 Å². The summed E-state index contributed by atoms with van der Waals surface area (Å²) in [6.07, 6.45) is 1.30. The Labute approximate surface area is 131 Å². The number of rotatable bonds is 4. The fourth-order valence-electron chi connectivity index (χ4n) is 2.10. The summed E-state index contributed by atoms with van der Waals surface area (Å²) >= 11 is 0. The summed E-state index contributed by atoms with van der Waals surface area (Å²) in [6, 6.07) is 15.6. The van der Waals surface area contributed by atoms with E-state index in [2.05, 4.69) is 15.5 Å². The van der Waals surface area contributed by atoms with Gasteiger partial charge in [-0.25, -0.2) is 4.98 Å². The Kier molecular flexibility index (Phi) is 3.84. The molecule has 0 fully saturated rings. The van der Waals surface area contributed by atoms with Crippen molar-refractivity contribution < 1.29 is 10.0 Å². The predicted molar refractivity (Wildman–Crippen MR) is 87.7 cm³/mol. The molecule has 1 aromatic heterocycles. The van der Waals surface area contributed by atoms with E-state index in [-0.39, 0.29) is 11.3 Å². The van der Waals surface area contributed by atoms with Gasteiger partial charge in [0.1, 0.15) is 5.82 Å². The minimum absolute atomic E-state index is 0.243. The number of hydrazone groups is 1. The Bertz CT molecular complexity index is 909. The van der Waals surface area contributed by atoms with Crippen molar-refractivity contribution in [2.45, 2.75) is 0 Å². The normalized spacial score (nSPS) is 11.0. The van der Waals surface area contributed by atoms with Gasteiger partial charge in [0, 0.05) is 17.0 Å². The quantitative estimate of drug-likeness (QED) is 0.437. The molecule has 114 valence electrons. The maximum absolute atomic E-state index is 10.8. The topological polar surface area (TPSA) is 101 Å². The molecule has 0 saturated heterocycles. The highest BCUT2D eigenvalue weighted by atomic mass is 16.6. The predicted octanol–water partition coefficient (Wildman–Crippen LogP) is 3.29. The number of pyridine rings is 1. The van der Waals surface area contributed by atoms with E-state index in [1.807, 2.05) is 30.3 Å². The third-order valence-corrected chi connectivity index (χ3v) is 3.22. The minimum atomic E-state index is -0.648. The number of hydrogen-bond donors (Lipinski definition) is 2. The molecular formula is C16H12N4O3. The molecule has 3 aromatic rings. The van der Waals surface area contributed by atoms with Crippen LogP contribution in [0.4, 0.5) is 11.5 Å². The van der Waals surface area contributed by atoms with Crippen LogP contribution in [0, 0.1) is 10.1 Å². The molecule has 0 saturated carbocycles.